The van der Waals surface area contributed by atoms with Crippen LogP contribution in [0.15, 0.2) is 48.5 Å². The molecule has 0 bridgehead atoms. The molecule has 0 amide bonds. The lowest BCUT2D eigenvalue weighted by Gasteiger charge is -2.11. The molecular weight excluding hydrogens is 292 g/mol. The molecule has 0 N–H and O–H groups in total. The van der Waals surface area contributed by atoms with E-state index in [0.717, 1.165) is 11.1 Å². The van der Waals surface area contributed by atoms with Gasteiger partial charge in [0.25, 0.3) is 6.01 Å². The fourth-order valence-electron chi connectivity index (χ4n) is 2.59. The number of ether oxygens (including phenoxy) is 2. The molecule has 0 radical (unpaired) electrons. The summed E-state index contributed by atoms with van der Waals surface area (Å²) in [5.41, 5.74) is 3.03. The van der Waals surface area contributed by atoms with Crippen molar-refractivity contribution < 1.29 is 14.3 Å². The van der Waals surface area contributed by atoms with Gasteiger partial charge >= 0.3 is 5.97 Å². The zero-order chi connectivity index (χ0) is 16.2. The number of para-hydroxylation sites is 1. The summed E-state index contributed by atoms with van der Waals surface area (Å²) < 4.78 is 12.5. The quantitative estimate of drug-likeness (QED) is 0.679. The van der Waals surface area contributed by atoms with Crippen molar-refractivity contribution in [3.8, 4) is 6.01 Å². The number of nitrogens with zero attached hydrogens (tertiary/aromatic N) is 2. The van der Waals surface area contributed by atoms with Crippen molar-refractivity contribution in [1.82, 2.24) is 9.55 Å². The van der Waals surface area contributed by atoms with E-state index < -0.39 is 0 Å². The van der Waals surface area contributed by atoms with Crippen LogP contribution in [-0.4, -0.2) is 29.2 Å². The van der Waals surface area contributed by atoms with Gasteiger partial charge in [-0.2, -0.15) is 4.98 Å². The maximum absolute atomic E-state index is 12.1. The third-order valence-electron chi connectivity index (χ3n) is 3.59. The summed E-state index contributed by atoms with van der Waals surface area (Å²) >= 11 is 0. The molecule has 0 aliphatic rings. The number of esters is 1. The predicted octanol–water partition coefficient (Wildman–Crippen LogP) is 3.27. The van der Waals surface area contributed by atoms with Crippen LogP contribution in [0.2, 0.25) is 0 Å². The number of rotatable bonds is 5. The number of benzene rings is 2. The Morgan fingerprint density at radius 2 is 1.91 bits per heavy atom. The molecule has 0 aliphatic carbocycles. The van der Waals surface area contributed by atoms with Crippen LogP contribution < -0.4 is 4.74 Å². The Labute approximate surface area is 134 Å². The first-order valence-corrected chi connectivity index (χ1v) is 7.49. The lowest BCUT2D eigenvalue weighted by molar-refractivity contribution is 0.0602. The molecule has 23 heavy (non-hydrogen) atoms. The second-order valence-electron chi connectivity index (χ2n) is 5.06. The SMILES string of the molecule is CCOc1nc2cccc(C(=O)OC)c2n1Cc1ccccc1. The first-order chi connectivity index (χ1) is 11.2. The number of imidazole rings is 1. The number of fused-ring (bicyclic) bond motifs is 1. The molecule has 118 valence electrons. The first-order valence-electron chi connectivity index (χ1n) is 7.49. The highest BCUT2D eigenvalue weighted by molar-refractivity contribution is 6.02. The summed E-state index contributed by atoms with van der Waals surface area (Å²) in [4.78, 5) is 16.6. The molecule has 5 heteroatoms. The van der Waals surface area contributed by atoms with E-state index in [1.807, 2.05) is 47.9 Å². The minimum Gasteiger partial charge on any atom is -0.465 e. The van der Waals surface area contributed by atoms with E-state index in [-0.39, 0.29) is 5.97 Å². The van der Waals surface area contributed by atoms with Crippen LogP contribution in [0.25, 0.3) is 11.0 Å². The maximum Gasteiger partial charge on any atom is 0.340 e. The summed E-state index contributed by atoms with van der Waals surface area (Å²) in [6, 6.07) is 15.9. The van der Waals surface area contributed by atoms with Crippen molar-refractivity contribution in [3.05, 3.63) is 59.7 Å². The number of hydrogen-bond acceptors (Lipinski definition) is 4. The molecule has 5 nitrogen and oxygen atoms in total. The molecule has 0 fully saturated rings. The minimum absolute atomic E-state index is 0.382. The van der Waals surface area contributed by atoms with Crippen LogP contribution in [0.4, 0.5) is 0 Å². The lowest BCUT2D eigenvalue weighted by atomic mass is 10.1. The molecule has 0 aliphatic heterocycles. The molecule has 3 rings (SSSR count). The molecule has 0 unspecified atom stereocenters. The highest BCUT2D eigenvalue weighted by atomic mass is 16.5. The molecule has 1 heterocycles. The third kappa shape index (κ3) is 2.90. The van der Waals surface area contributed by atoms with Gasteiger partial charge < -0.3 is 9.47 Å². The van der Waals surface area contributed by atoms with Gasteiger partial charge in [-0.15, -0.1) is 0 Å². The van der Waals surface area contributed by atoms with E-state index in [9.17, 15) is 4.79 Å². The lowest BCUT2D eigenvalue weighted by Crippen LogP contribution is -2.09. The van der Waals surface area contributed by atoms with Gasteiger partial charge in [0.1, 0.15) is 0 Å². The van der Waals surface area contributed by atoms with Crippen LogP contribution in [0, 0.1) is 0 Å². The second-order valence-corrected chi connectivity index (χ2v) is 5.06. The maximum atomic E-state index is 12.1. The predicted molar refractivity (Wildman–Crippen MR) is 87.8 cm³/mol. The molecule has 1 aromatic heterocycles. The van der Waals surface area contributed by atoms with E-state index >= 15 is 0 Å². The van der Waals surface area contributed by atoms with Crippen molar-refractivity contribution in [2.75, 3.05) is 13.7 Å². The molecule has 0 atom stereocenters. The van der Waals surface area contributed by atoms with E-state index in [0.29, 0.717) is 30.2 Å². The molecule has 0 saturated heterocycles. The monoisotopic (exact) mass is 310 g/mol. The van der Waals surface area contributed by atoms with Gasteiger partial charge in [0.05, 0.1) is 36.9 Å². The van der Waals surface area contributed by atoms with Gasteiger partial charge in [0, 0.05) is 0 Å². The Morgan fingerprint density at radius 3 is 2.61 bits per heavy atom. The fraction of sp³-hybridized carbons (Fsp3) is 0.222. The van der Waals surface area contributed by atoms with Gasteiger partial charge in [-0.3, -0.25) is 4.57 Å². The highest BCUT2D eigenvalue weighted by Gasteiger charge is 2.19. The number of carbonyl (C=O) groups excluding carboxylic acids is 1. The van der Waals surface area contributed by atoms with E-state index in [2.05, 4.69) is 4.98 Å². The molecule has 3 aromatic rings. The van der Waals surface area contributed by atoms with Gasteiger partial charge in [0.15, 0.2) is 0 Å². The summed E-state index contributed by atoms with van der Waals surface area (Å²) in [5, 5.41) is 0. The van der Waals surface area contributed by atoms with Crippen LogP contribution >= 0.6 is 0 Å². The van der Waals surface area contributed by atoms with Gasteiger partial charge in [0.2, 0.25) is 0 Å². The van der Waals surface area contributed by atoms with Gasteiger partial charge in [-0.25, -0.2) is 4.79 Å². The Morgan fingerprint density at radius 1 is 1.13 bits per heavy atom. The fourth-order valence-corrected chi connectivity index (χ4v) is 2.59. The Bertz CT molecular complexity index is 825. The van der Waals surface area contributed by atoms with Crippen LogP contribution in [0.5, 0.6) is 6.01 Å². The zero-order valence-electron chi connectivity index (χ0n) is 13.2. The van der Waals surface area contributed by atoms with Crippen molar-refractivity contribution >= 4 is 17.0 Å². The average Bonchev–Trinajstić information content (AvgIpc) is 2.93. The molecule has 0 saturated carbocycles. The Hall–Kier alpha value is -2.82. The number of carbonyl (C=O) groups is 1. The first kappa shape index (κ1) is 15.1. The van der Waals surface area contributed by atoms with Crippen molar-refractivity contribution in [3.63, 3.8) is 0 Å². The smallest absolute Gasteiger partial charge is 0.340 e. The normalized spacial score (nSPS) is 10.7. The summed E-state index contributed by atoms with van der Waals surface area (Å²) in [5.74, 6) is -0.382. The highest BCUT2D eigenvalue weighted by Crippen LogP contribution is 2.26. The summed E-state index contributed by atoms with van der Waals surface area (Å²) in [6.07, 6.45) is 0. The van der Waals surface area contributed by atoms with Gasteiger partial charge in [-0.05, 0) is 24.6 Å². The number of methoxy groups -OCH3 is 1. The van der Waals surface area contributed by atoms with E-state index in [1.54, 1.807) is 12.1 Å². The van der Waals surface area contributed by atoms with Crippen molar-refractivity contribution in [2.45, 2.75) is 13.5 Å². The Balaban J connectivity index is 2.19. The van der Waals surface area contributed by atoms with Crippen LogP contribution in [-0.2, 0) is 11.3 Å². The van der Waals surface area contributed by atoms with Crippen LogP contribution in [0.1, 0.15) is 22.8 Å². The molecule has 0 spiro atoms. The summed E-state index contributed by atoms with van der Waals surface area (Å²) in [7, 11) is 1.38. The largest absolute Gasteiger partial charge is 0.465 e. The second kappa shape index (κ2) is 6.52. The third-order valence-corrected chi connectivity index (χ3v) is 3.59. The topological polar surface area (TPSA) is 53.4 Å². The van der Waals surface area contributed by atoms with Crippen molar-refractivity contribution in [1.29, 1.82) is 0 Å². The number of aromatic nitrogens is 2. The van der Waals surface area contributed by atoms with Crippen LogP contribution in [0.3, 0.4) is 0 Å². The van der Waals surface area contributed by atoms with E-state index in [4.69, 9.17) is 9.47 Å². The Kier molecular flexibility index (Phi) is 4.28. The molecular formula is C18H18N2O3. The summed E-state index contributed by atoms with van der Waals surface area (Å²) in [6.45, 7) is 2.99. The minimum atomic E-state index is -0.382. The zero-order valence-corrected chi connectivity index (χ0v) is 13.2. The van der Waals surface area contributed by atoms with Crippen molar-refractivity contribution in [2.24, 2.45) is 0 Å². The van der Waals surface area contributed by atoms with Gasteiger partial charge in [-0.1, -0.05) is 36.4 Å². The number of hydrogen-bond donors (Lipinski definition) is 0. The van der Waals surface area contributed by atoms with E-state index in [1.165, 1.54) is 7.11 Å². The average molecular weight is 310 g/mol. The standard InChI is InChI=1S/C18H18N2O3/c1-3-23-18-19-15-11-7-10-14(17(21)22-2)16(15)20(18)12-13-8-5-4-6-9-13/h4-11H,3,12H2,1-2H3. The molecule has 2 aromatic carbocycles.